The second-order valence-corrected chi connectivity index (χ2v) is 7.90. The van der Waals surface area contributed by atoms with Crippen LogP contribution in [0.2, 0.25) is 0 Å². The second-order valence-electron chi connectivity index (χ2n) is 7.04. The molecular formula is C24H19N3O5S. The summed E-state index contributed by atoms with van der Waals surface area (Å²) in [4.78, 5) is 40.7. The molecule has 0 fully saturated rings. The van der Waals surface area contributed by atoms with Gasteiger partial charge < -0.3 is 14.5 Å². The summed E-state index contributed by atoms with van der Waals surface area (Å²) < 4.78 is 10.1. The fourth-order valence-electron chi connectivity index (χ4n) is 2.85. The lowest BCUT2D eigenvalue weighted by atomic mass is 10.1. The van der Waals surface area contributed by atoms with Gasteiger partial charge in [-0.15, -0.1) is 11.3 Å². The van der Waals surface area contributed by atoms with Gasteiger partial charge >= 0.3 is 5.97 Å². The van der Waals surface area contributed by atoms with Crippen LogP contribution in [0.5, 0.6) is 0 Å². The Kier molecular flexibility index (Phi) is 6.61. The SMILES string of the molecule is Cc1ccc(-c2csc(NC(=O)COC(=O)c3ccc(NC(=O)c4ccco4)cc3)n2)cc1. The van der Waals surface area contributed by atoms with Crippen molar-refractivity contribution < 1.29 is 23.5 Å². The highest BCUT2D eigenvalue weighted by atomic mass is 32.1. The first-order valence-electron chi connectivity index (χ1n) is 9.92. The van der Waals surface area contributed by atoms with Gasteiger partial charge in [-0.25, -0.2) is 9.78 Å². The Morgan fingerprint density at radius 1 is 1.00 bits per heavy atom. The molecule has 0 spiro atoms. The minimum atomic E-state index is -0.659. The van der Waals surface area contributed by atoms with Gasteiger partial charge in [-0.05, 0) is 43.3 Å². The van der Waals surface area contributed by atoms with E-state index < -0.39 is 24.4 Å². The molecule has 2 aromatic carbocycles. The average Bonchev–Trinajstić information content (AvgIpc) is 3.51. The molecule has 4 aromatic rings. The van der Waals surface area contributed by atoms with Crippen molar-refractivity contribution in [1.29, 1.82) is 0 Å². The highest BCUT2D eigenvalue weighted by Crippen LogP contribution is 2.25. The molecule has 8 nitrogen and oxygen atoms in total. The predicted molar refractivity (Wildman–Crippen MR) is 124 cm³/mol. The molecule has 0 aliphatic carbocycles. The average molecular weight is 461 g/mol. The number of aromatic nitrogens is 1. The predicted octanol–water partition coefficient (Wildman–Crippen LogP) is 4.76. The monoisotopic (exact) mass is 461 g/mol. The molecule has 0 saturated carbocycles. The number of amides is 2. The molecule has 2 amide bonds. The first-order valence-corrected chi connectivity index (χ1v) is 10.8. The van der Waals surface area contributed by atoms with Crippen molar-refractivity contribution in [3.8, 4) is 11.3 Å². The summed E-state index contributed by atoms with van der Waals surface area (Å²) in [6.07, 6.45) is 1.40. The molecular weight excluding hydrogens is 442 g/mol. The molecule has 0 atom stereocenters. The summed E-state index contributed by atoms with van der Waals surface area (Å²) in [6.45, 7) is 1.56. The minimum absolute atomic E-state index is 0.177. The van der Waals surface area contributed by atoms with Gasteiger partial charge in [0.15, 0.2) is 17.5 Å². The van der Waals surface area contributed by atoms with E-state index in [0.717, 1.165) is 16.8 Å². The van der Waals surface area contributed by atoms with Crippen LogP contribution in [0.4, 0.5) is 10.8 Å². The Hall–Kier alpha value is -4.24. The number of rotatable bonds is 7. The Morgan fingerprint density at radius 3 is 2.45 bits per heavy atom. The number of nitrogens with one attached hydrogen (secondary N) is 2. The maximum atomic E-state index is 12.2. The van der Waals surface area contributed by atoms with Gasteiger partial charge in [-0.2, -0.15) is 0 Å². The maximum Gasteiger partial charge on any atom is 0.338 e. The molecule has 4 rings (SSSR count). The Bertz CT molecular complexity index is 1260. The van der Waals surface area contributed by atoms with Gasteiger partial charge in [-0.1, -0.05) is 29.8 Å². The summed E-state index contributed by atoms with van der Waals surface area (Å²) in [5.74, 6) is -1.38. The number of nitrogens with zero attached hydrogens (tertiary/aromatic N) is 1. The lowest BCUT2D eigenvalue weighted by molar-refractivity contribution is -0.119. The van der Waals surface area contributed by atoms with Gasteiger partial charge in [-0.3, -0.25) is 14.9 Å². The zero-order valence-corrected chi connectivity index (χ0v) is 18.3. The van der Waals surface area contributed by atoms with Gasteiger partial charge in [0.25, 0.3) is 11.8 Å². The van der Waals surface area contributed by atoms with Crippen molar-refractivity contribution in [3.63, 3.8) is 0 Å². The highest BCUT2D eigenvalue weighted by Gasteiger charge is 2.13. The molecule has 166 valence electrons. The van der Waals surface area contributed by atoms with Gasteiger partial charge in [0.1, 0.15) is 0 Å². The first kappa shape index (κ1) is 22.0. The van der Waals surface area contributed by atoms with Gasteiger partial charge in [0.05, 0.1) is 17.5 Å². The molecule has 9 heteroatoms. The van der Waals surface area contributed by atoms with E-state index in [1.807, 2.05) is 36.6 Å². The van der Waals surface area contributed by atoms with E-state index in [1.54, 1.807) is 24.3 Å². The third-order valence-electron chi connectivity index (χ3n) is 4.56. The fourth-order valence-corrected chi connectivity index (χ4v) is 3.58. The molecule has 2 heterocycles. The van der Waals surface area contributed by atoms with Gasteiger partial charge in [0.2, 0.25) is 0 Å². The molecule has 0 saturated heterocycles. The first-order chi connectivity index (χ1) is 16.0. The van der Waals surface area contributed by atoms with Gasteiger partial charge in [0, 0.05) is 16.6 Å². The van der Waals surface area contributed by atoms with Crippen LogP contribution in [0.1, 0.15) is 26.5 Å². The Balaban J connectivity index is 1.26. The van der Waals surface area contributed by atoms with Crippen molar-refractivity contribution in [2.75, 3.05) is 17.2 Å². The van der Waals surface area contributed by atoms with Crippen molar-refractivity contribution in [3.05, 3.63) is 89.2 Å². The minimum Gasteiger partial charge on any atom is -0.459 e. The lowest BCUT2D eigenvalue weighted by Crippen LogP contribution is -2.20. The summed E-state index contributed by atoms with van der Waals surface area (Å²) >= 11 is 1.29. The number of benzene rings is 2. The third-order valence-corrected chi connectivity index (χ3v) is 5.31. The Morgan fingerprint density at radius 2 is 1.76 bits per heavy atom. The largest absolute Gasteiger partial charge is 0.459 e. The highest BCUT2D eigenvalue weighted by molar-refractivity contribution is 7.14. The smallest absolute Gasteiger partial charge is 0.338 e. The number of carbonyl (C=O) groups is 3. The zero-order valence-electron chi connectivity index (χ0n) is 17.5. The molecule has 0 aliphatic rings. The fraction of sp³-hybridized carbons (Fsp3) is 0.0833. The molecule has 2 N–H and O–H groups in total. The Labute approximate surface area is 193 Å². The summed E-state index contributed by atoms with van der Waals surface area (Å²) in [7, 11) is 0. The summed E-state index contributed by atoms with van der Waals surface area (Å²) in [5.41, 5.74) is 3.59. The number of hydrogen-bond donors (Lipinski definition) is 2. The topological polar surface area (TPSA) is 111 Å². The van der Waals surface area contributed by atoms with Crippen molar-refractivity contribution >= 4 is 39.9 Å². The van der Waals surface area contributed by atoms with E-state index in [2.05, 4.69) is 15.6 Å². The summed E-state index contributed by atoms with van der Waals surface area (Å²) in [5, 5.41) is 7.54. The molecule has 33 heavy (non-hydrogen) atoms. The van der Waals surface area contributed by atoms with Crippen molar-refractivity contribution in [1.82, 2.24) is 4.98 Å². The number of carbonyl (C=O) groups excluding carboxylic acids is 3. The summed E-state index contributed by atoms with van der Waals surface area (Å²) in [6, 6.07) is 17.2. The number of hydrogen-bond acceptors (Lipinski definition) is 7. The molecule has 2 aromatic heterocycles. The number of thiazole rings is 1. The standard InChI is InChI=1S/C24H19N3O5S/c1-15-4-6-16(7-5-15)19-14-33-24(26-19)27-21(28)13-32-23(30)17-8-10-18(11-9-17)25-22(29)20-3-2-12-31-20/h2-12,14H,13H2,1H3,(H,25,29)(H,26,27,28). The number of esters is 1. The van der Waals surface area contributed by atoms with Crippen LogP contribution >= 0.6 is 11.3 Å². The van der Waals surface area contributed by atoms with E-state index in [9.17, 15) is 14.4 Å². The lowest BCUT2D eigenvalue weighted by Gasteiger charge is -2.06. The molecule has 0 unspecified atom stereocenters. The van der Waals surface area contributed by atoms with Crippen LogP contribution in [0.3, 0.4) is 0 Å². The van der Waals surface area contributed by atoms with Crippen LogP contribution in [0, 0.1) is 6.92 Å². The molecule has 0 bridgehead atoms. The quantitative estimate of drug-likeness (QED) is 0.384. The van der Waals surface area contributed by atoms with E-state index in [1.165, 1.54) is 29.7 Å². The number of anilines is 2. The van der Waals surface area contributed by atoms with Crippen LogP contribution in [0.25, 0.3) is 11.3 Å². The number of ether oxygens (including phenoxy) is 1. The normalized spacial score (nSPS) is 10.5. The van der Waals surface area contributed by atoms with Crippen LogP contribution < -0.4 is 10.6 Å². The van der Waals surface area contributed by atoms with E-state index in [4.69, 9.17) is 9.15 Å². The van der Waals surface area contributed by atoms with Crippen LogP contribution in [0.15, 0.2) is 76.7 Å². The number of aryl methyl sites for hydroxylation is 1. The third kappa shape index (κ3) is 5.72. The zero-order chi connectivity index (χ0) is 23.2. The molecule has 0 aliphatic heterocycles. The second kappa shape index (κ2) is 9.92. The number of furan rings is 1. The van der Waals surface area contributed by atoms with E-state index in [0.29, 0.717) is 10.8 Å². The maximum absolute atomic E-state index is 12.2. The van der Waals surface area contributed by atoms with Crippen molar-refractivity contribution in [2.45, 2.75) is 6.92 Å². The van der Waals surface area contributed by atoms with E-state index >= 15 is 0 Å². The van der Waals surface area contributed by atoms with Crippen LogP contribution in [-0.2, 0) is 9.53 Å². The molecule has 0 radical (unpaired) electrons. The van der Waals surface area contributed by atoms with E-state index in [-0.39, 0.29) is 11.3 Å². The van der Waals surface area contributed by atoms with Crippen molar-refractivity contribution in [2.24, 2.45) is 0 Å². The van der Waals surface area contributed by atoms with Crippen LogP contribution in [-0.4, -0.2) is 29.4 Å².